The van der Waals surface area contributed by atoms with E-state index >= 15 is 0 Å². The molecule has 1 aromatic carbocycles. The topological polar surface area (TPSA) is 44.4 Å². The standard InChI is InChI=1S/C19H31N3O/c1-15(2)17-6-4-5-7-18(17)21-19(23)14-22-12-9-16(10-13-22)8-11-20-3/h4-7,15-16,20H,8-14H2,1-3H3,(H,21,23). The molecule has 0 aliphatic carbocycles. The molecule has 0 spiro atoms. The lowest BCUT2D eigenvalue weighted by Gasteiger charge is -2.31. The second kappa shape index (κ2) is 9.04. The first-order valence-electron chi connectivity index (χ1n) is 8.86. The summed E-state index contributed by atoms with van der Waals surface area (Å²) in [6.07, 6.45) is 3.66. The fraction of sp³-hybridized carbons (Fsp3) is 0.632. The van der Waals surface area contributed by atoms with Crippen molar-refractivity contribution in [1.82, 2.24) is 10.2 Å². The van der Waals surface area contributed by atoms with E-state index in [0.29, 0.717) is 12.5 Å². The number of benzene rings is 1. The van der Waals surface area contributed by atoms with Crippen LogP contribution >= 0.6 is 0 Å². The summed E-state index contributed by atoms with van der Waals surface area (Å²) in [4.78, 5) is 14.6. The maximum Gasteiger partial charge on any atom is 0.238 e. The molecule has 1 aliphatic rings. The van der Waals surface area contributed by atoms with Crippen molar-refractivity contribution in [2.24, 2.45) is 5.92 Å². The average molecular weight is 317 g/mol. The molecular formula is C19H31N3O. The summed E-state index contributed by atoms with van der Waals surface area (Å²) in [6, 6.07) is 8.10. The summed E-state index contributed by atoms with van der Waals surface area (Å²) >= 11 is 0. The van der Waals surface area contributed by atoms with Crippen LogP contribution in [0, 0.1) is 5.92 Å². The molecule has 4 heteroatoms. The van der Waals surface area contributed by atoms with Gasteiger partial charge in [0.05, 0.1) is 6.54 Å². The van der Waals surface area contributed by atoms with Gasteiger partial charge in [0.1, 0.15) is 0 Å². The van der Waals surface area contributed by atoms with Crippen LogP contribution in [-0.2, 0) is 4.79 Å². The molecule has 4 nitrogen and oxygen atoms in total. The number of amides is 1. The Bertz CT molecular complexity index is 493. The molecule has 1 amide bonds. The molecular weight excluding hydrogens is 286 g/mol. The Morgan fingerprint density at radius 1 is 1.26 bits per heavy atom. The zero-order chi connectivity index (χ0) is 16.7. The van der Waals surface area contributed by atoms with Gasteiger partial charge in [-0.1, -0.05) is 32.0 Å². The summed E-state index contributed by atoms with van der Waals surface area (Å²) < 4.78 is 0. The van der Waals surface area contributed by atoms with Crippen molar-refractivity contribution in [1.29, 1.82) is 0 Å². The first-order chi connectivity index (χ1) is 11.1. The van der Waals surface area contributed by atoms with Crippen LogP contribution in [0.1, 0.15) is 44.6 Å². The molecule has 2 N–H and O–H groups in total. The van der Waals surface area contributed by atoms with Crippen LogP contribution in [-0.4, -0.2) is 44.0 Å². The second-order valence-corrected chi connectivity index (χ2v) is 6.90. The normalized spacial score (nSPS) is 16.7. The lowest BCUT2D eigenvalue weighted by Crippen LogP contribution is -2.39. The van der Waals surface area contributed by atoms with Gasteiger partial charge in [0.2, 0.25) is 5.91 Å². The molecule has 0 aromatic heterocycles. The molecule has 2 rings (SSSR count). The predicted molar refractivity (Wildman–Crippen MR) is 96.9 cm³/mol. The van der Waals surface area contributed by atoms with Crippen LogP contribution in [0.15, 0.2) is 24.3 Å². The van der Waals surface area contributed by atoms with Gasteiger partial charge in [-0.05, 0) is 69.4 Å². The predicted octanol–water partition coefficient (Wildman–Crippen LogP) is 3.07. The number of para-hydroxylation sites is 1. The zero-order valence-electron chi connectivity index (χ0n) is 14.8. The molecule has 1 fully saturated rings. The van der Waals surface area contributed by atoms with E-state index < -0.39 is 0 Å². The van der Waals surface area contributed by atoms with Crippen LogP contribution in [0.2, 0.25) is 0 Å². The van der Waals surface area contributed by atoms with Crippen molar-refractivity contribution < 1.29 is 4.79 Å². The lowest BCUT2D eigenvalue weighted by molar-refractivity contribution is -0.117. The summed E-state index contributed by atoms with van der Waals surface area (Å²) in [5.41, 5.74) is 2.16. The van der Waals surface area contributed by atoms with E-state index in [-0.39, 0.29) is 5.91 Å². The van der Waals surface area contributed by atoms with Crippen LogP contribution < -0.4 is 10.6 Å². The highest BCUT2D eigenvalue weighted by atomic mass is 16.2. The van der Waals surface area contributed by atoms with Crippen molar-refractivity contribution in [2.45, 2.75) is 39.0 Å². The molecule has 1 saturated heterocycles. The molecule has 0 atom stereocenters. The second-order valence-electron chi connectivity index (χ2n) is 6.90. The smallest absolute Gasteiger partial charge is 0.238 e. The van der Waals surface area contributed by atoms with Crippen LogP contribution in [0.5, 0.6) is 0 Å². The van der Waals surface area contributed by atoms with Gasteiger partial charge in [0, 0.05) is 5.69 Å². The molecule has 0 radical (unpaired) electrons. The number of carbonyl (C=O) groups is 1. The van der Waals surface area contributed by atoms with E-state index in [2.05, 4.69) is 35.4 Å². The van der Waals surface area contributed by atoms with E-state index in [1.165, 1.54) is 24.8 Å². The van der Waals surface area contributed by atoms with Gasteiger partial charge < -0.3 is 10.6 Å². The van der Waals surface area contributed by atoms with Crippen LogP contribution in [0.4, 0.5) is 5.69 Å². The SMILES string of the molecule is CNCCC1CCN(CC(=O)Nc2ccccc2C(C)C)CC1. The van der Waals surface area contributed by atoms with Gasteiger partial charge >= 0.3 is 0 Å². The minimum absolute atomic E-state index is 0.103. The monoisotopic (exact) mass is 317 g/mol. The third kappa shape index (κ3) is 5.63. The number of likely N-dealkylation sites (tertiary alicyclic amines) is 1. The van der Waals surface area contributed by atoms with Gasteiger partial charge in [-0.3, -0.25) is 9.69 Å². The minimum Gasteiger partial charge on any atom is -0.325 e. The fourth-order valence-corrected chi connectivity index (χ4v) is 3.29. The Hall–Kier alpha value is -1.39. The van der Waals surface area contributed by atoms with Crippen molar-refractivity contribution in [3.8, 4) is 0 Å². The van der Waals surface area contributed by atoms with Crippen LogP contribution in [0.25, 0.3) is 0 Å². The van der Waals surface area contributed by atoms with Crippen LogP contribution in [0.3, 0.4) is 0 Å². The highest BCUT2D eigenvalue weighted by Crippen LogP contribution is 2.24. The van der Waals surface area contributed by atoms with Gasteiger partial charge in [-0.15, -0.1) is 0 Å². The van der Waals surface area contributed by atoms with Crippen molar-refractivity contribution in [2.75, 3.05) is 38.5 Å². The highest BCUT2D eigenvalue weighted by molar-refractivity contribution is 5.93. The first-order valence-corrected chi connectivity index (χ1v) is 8.86. The van der Waals surface area contributed by atoms with Crippen molar-refractivity contribution in [3.63, 3.8) is 0 Å². The Morgan fingerprint density at radius 2 is 1.96 bits per heavy atom. The van der Waals surface area contributed by atoms with Gasteiger partial charge in [0.15, 0.2) is 0 Å². The quantitative estimate of drug-likeness (QED) is 0.812. The largest absolute Gasteiger partial charge is 0.325 e. The van der Waals surface area contributed by atoms with E-state index in [1.54, 1.807) is 0 Å². The lowest BCUT2D eigenvalue weighted by atomic mass is 9.93. The van der Waals surface area contributed by atoms with Gasteiger partial charge in [0.25, 0.3) is 0 Å². The van der Waals surface area contributed by atoms with E-state index in [4.69, 9.17) is 0 Å². The number of hydrogen-bond acceptors (Lipinski definition) is 3. The molecule has 0 saturated carbocycles. The molecule has 1 aliphatic heterocycles. The summed E-state index contributed by atoms with van der Waals surface area (Å²) in [7, 11) is 2.01. The average Bonchev–Trinajstić information content (AvgIpc) is 2.54. The summed E-state index contributed by atoms with van der Waals surface area (Å²) in [5.74, 6) is 1.32. The summed E-state index contributed by atoms with van der Waals surface area (Å²) in [6.45, 7) is 7.98. The Kier molecular flexibility index (Phi) is 7.06. The molecule has 0 unspecified atom stereocenters. The Labute approximate surface area is 140 Å². The third-order valence-electron chi connectivity index (χ3n) is 4.73. The Balaban J connectivity index is 1.80. The van der Waals surface area contributed by atoms with Gasteiger partial charge in [-0.2, -0.15) is 0 Å². The van der Waals surface area contributed by atoms with Crippen molar-refractivity contribution >= 4 is 11.6 Å². The fourth-order valence-electron chi connectivity index (χ4n) is 3.29. The molecule has 128 valence electrons. The van der Waals surface area contributed by atoms with E-state index in [9.17, 15) is 4.79 Å². The Morgan fingerprint density at radius 3 is 2.61 bits per heavy atom. The number of rotatable bonds is 7. The minimum atomic E-state index is 0.103. The maximum absolute atomic E-state index is 12.3. The number of nitrogens with one attached hydrogen (secondary N) is 2. The maximum atomic E-state index is 12.3. The van der Waals surface area contributed by atoms with E-state index in [0.717, 1.165) is 31.2 Å². The molecule has 0 bridgehead atoms. The third-order valence-corrected chi connectivity index (χ3v) is 4.73. The number of anilines is 1. The summed E-state index contributed by atoms with van der Waals surface area (Å²) in [5, 5.41) is 6.32. The van der Waals surface area contributed by atoms with E-state index in [1.807, 2.05) is 25.2 Å². The molecule has 1 aromatic rings. The molecule has 23 heavy (non-hydrogen) atoms. The zero-order valence-corrected chi connectivity index (χ0v) is 14.8. The first kappa shape index (κ1) is 18.0. The van der Waals surface area contributed by atoms with Gasteiger partial charge in [-0.25, -0.2) is 0 Å². The number of hydrogen-bond donors (Lipinski definition) is 2. The highest BCUT2D eigenvalue weighted by Gasteiger charge is 2.20. The number of piperidine rings is 1. The molecule has 1 heterocycles. The number of nitrogens with zero attached hydrogens (tertiary/aromatic N) is 1. The van der Waals surface area contributed by atoms with Crippen molar-refractivity contribution in [3.05, 3.63) is 29.8 Å². The number of carbonyl (C=O) groups excluding carboxylic acids is 1.